The highest BCUT2D eigenvalue weighted by Crippen LogP contribution is 2.22. The van der Waals surface area contributed by atoms with E-state index in [0.29, 0.717) is 0 Å². The largest absolute Gasteiger partial charge is 0.477 e. The Hall–Kier alpha value is -2.02. The van der Waals surface area contributed by atoms with Gasteiger partial charge in [-0.3, -0.25) is 0 Å². The molecule has 0 saturated heterocycles. The van der Waals surface area contributed by atoms with Gasteiger partial charge in [0, 0.05) is 0 Å². The van der Waals surface area contributed by atoms with Gasteiger partial charge in [-0.15, -0.1) is 6.42 Å². The van der Waals surface area contributed by atoms with Gasteiger partial charge in [-0.05, 0) is 19.1 Å². The fourth-order valence-electron chi connectivity index (χ4n) is 1.03. The number of terminal acetylenes is 1. The highest BCUT2D eigenvalue weighted by Gasteiger charge is 2.17. The SMILES string of the molecule is C#CC(C)Oc1cccc(F)c1C(=O)O. The van der Waals surface area contributed by atoms with E-state index in [1.807, 2.05) is 0 Å². The molecule has 1 aromatic rings. The van der Waals surface area contributed by atoms with Crippen molar-refractivity contribution in [3.63, 3.8) is 0 Å². The zero-order valence-corrected chi connectivity index (χ0v) is 8.03. The van der Waals surface area contributed by atoms with Crippen molar-refractivity contribution in [3.8, 4) is 18.1 Å². The first-order chi connectivity index (χ1) is 7.06. The van der Waals surface area contributed by atoms with Crippen LogP contribution in [0.1, 0.15) is 17.3 Å². The highest BCUT2D eigenvalue weighted by molar-refractivity contribution is 5.91. The molecule has 0 aliphatic heterocycles. The molecule has 15 heavy (non-hydrogen) atoms. The number of halogens is 1. The third-order valence-corrected chi connectivity index (χ3v) is 1.73. The normalized spacial score (nSPS) is 11.5. The molecule has 0 heterocycles. The van der Waals surface area contributed by atoms with Crippen molar-refractivity contribution in [2.24, 2.45) is 0 Å². The molecular weight excluding hydrogens is 199 g/mol. The minimum Gasteiger partial charge on any atom is -0.477 e. The lowest BCUT2D eigenvalue weighted by Gasteiger charge is -2.11. The number of rotatable bonds is 3. The molecule has 1 unspecified atom stereocenters. The summed E-state index contributed by atoms with van der Waals surface area (Å²) in [4.78, 5) is 10.7. The van der Waals surface area contributed by atoms with Crippen LogP contribution < -0.4 is 4.74 Å². The fraction of sp³-hybridized carbons (Fsp3) is 0.182. The first kappa shape index (κ1) is 11.1. The van der Waals surface area contributed by atoms with Crippen molar-refractivity contribution >= 4 is 5.97 Å². The van der Waals surface area contributed by atoms with Crippen LogP contribution in [0.2, 0.25) is 0 Å². The van der Waals surface area contributed by atoms with Gasteiger partial charge in [0.15, 0.2) is 6.10 Å². The molecule has 0 amide bonds. The van der Waals surface area contributed by atoms with Gasteiger partial charge in [-0.1, -0.05) is 12.0 Å². The molecule has 0 aliphatic rings. The Kier molecular flexibility index (Phi) is 3.29. The van der Waals surface area contributed by atoms with Crippen molar-refractivity contribution < 1.29 is 19.0 Å². The van der Waals surface area contributed by atoms with Crippen LogP contribution in [0.15, 0.2) is 18.2 Å². The first-order valence-electron chi connectivity index (χ1n) is 4.21. The van der Waals surface area contributed by atoms with E-state index in [4.69, 9.17) is 16.3 Å². The Morgan fingerprint density at radius 1 is 1.67 bits per heavy atom. The predicted octanol–water partition coefficient (Wildman–Crippen LogP) is 1.92. The number of ether oxygens (including phenoxy) is 1. The summed E-state index contributed by atoms with van der Waals surface area (Å²) >= 11 is 0. The van der Waals surface area contributed by atoms with Gasteiger partial charge >= 0.3 is 5.97 Å². The van der Waals surface area contributed by atoms with E-state index in [9.17, 15) is 9.18 Å². The smallest absolute Gasteiger partial charge is 0.342 e. The van der Waals surface area contributed by atoms with Crippen molar-refractivity contribution in [1.29, 1.82) is 0 Å². The minimum atomic E-state index is -1.38. The fourth-order valence-corrected chi connectivity index (χ4v) is 1.03. The zero-order chi connectivity index (χ0) is 11.4. The van der Waals surface area contributed by atoms with Gasteiger partial charge in [-0.25, -0.2) is 9.18 Å². The third kappa shape index (κ3) is 2.47. The molecule has 1 atom stereocenters. The molecule has 0 spiro atoms. The second-order valence-corrected chi connectivity index (χ2v) is 2.84. The Balaban J connectivity index is 3.13. The first-order valence-corrected chi connectivity index (χ1v) is 4.21. The summed E-state index contributed by atoms with van der Waals surface area (Å²) < 4.78 is 18.2. The minimum absolute atomic E-state index is 0.0621. The molecule has 0 saturated carbocycles. The number of carboxylic acid groups (broad SMARTS) is 1. The average Bonchev–Trinajstić information content (AvgIpc) is 2.17. The molecule has 0 aliphatic carbocycles. The topological polar surface area (TPSA) is 46.5 Å². The maximum atomic E-state index is 13.1. The van der Waals surface area contributed by atoms with E-state index in [-0.39, 0.29) is 5.75 Å². The van der Waals surface area contributed by atoms with E-state index < -0.39 is 23.5 Å². The molecule has 3 nitrogen and oxygen atoms in total. The number of carbonyl (C=O) groups is 1. The van der Waals surface area contributed by atoms with E-state index in [0.717, 1.165) is 6.07 Å². The zero-order valence-electron chi connectivity index (χ0n) is 8.03. The third-order valence-electron chi connectivity index (χ3n) is 1.73. The molecule has 0 fully saturated rings. The summed E-state index contributed by atoms with van der Waals surface area (Å²) in [5.41, 5.74) is -0.500. The lowest BCUT2D eigenvalue weighted by molar-refractivity contribution is 0.0686. The quantitative estimate of drug-likeness (QED) is 0.772. The Morgan fingerprint density at radius 3 is 2.87 bits per heavy atom. The summed E-state index contributed by atoms with van der Waals surface area (Å²) in [5, 5.41) is 8.76. The summed E-state index contributed by atoms with van der Waals surface area (Å²) in [5.74, 6) is -0.0261. The maximum absolute atomic E-state index is 13.1. The van der Waals surface area contributed by atoms with Crippen molar-refractivity contribution in [2.45, 2.75) is 13.0 Å². The summed E-state index contributed by atoms with van der Waals surface area (Å²) in [7, 11) is 0. The van der Waals surface area contributed by atoms with E-state index >= 15 is 0 Å². The predicted molar refractivity (Wildman–Crippen MR) is 52.3 cm³/mol. The second-order valence-electron chi connectivity index (χ2n) is 2.84. The Morgan fingerprint density at radius 2 is 2.33 bits per heavy atom. The molecule has 1 N–H and O–H groups in total. The second kappa shape index (κ2) is 4.47. The standard InChI is InChI=1S/C11H9FO3/c1-3-7(2)15-9-6-4-5-8(12)10(9)11(13)14/h1,4-7H,2H3,(H,13,14). The monoisotopic (exact) mass is 208 g/mol. The van der Waals surface area contributed by atoms with Crippen LogP contribution in [0, 0.1) is 18.2 Å². The van der Waals surface area contributed by atoms with E-state index in [1.165, 1.54) is 12.1 Å². The van der Waals surface area contributed by atoms with Gasteiger partial charge in [0.2, 0.25) is 0 Å². The van der Waals surface area contributed by atoms with Gasteiger partial charge in [0.1, 0.15) is 17.1 Å². The van der Waals surface area contributed by atoms with Crippen LogP contribution in [0.25, 0.3) is 0 Å². The average molecular weight is 208 g/mol. The summed E-state index contributed by atoms with van der Waals surface area (Å²) in [6.07, 6.45) is 4.46. The highest BCUT2D eigenvalue weighted by atomic mass is 19.1. The molecule has 0 aromatic heterocycles. The van der Waals surface area contributed by atoms with Crippen LogP contribution in [-0.4, -0.2) is 17.2 Å². The van der Waals surface area contributed by atoms with Crippen molar-refractivity contribution in [1.82, 2.24) is 0 Å². The maximum Gasteiger partial charge on any atom is 0.342 e. The van der Waals surface area contributed by atoms with Crippen LogP contribution in [0.4, 0.5) is 4.39 Å². The van der Waals surface area contributed by atoms with E-state index in [2.05, 4.69) is 5.92 Å². The van der Waals surface area contributed by atoms with E-state index in [1.54, 1.807) is 6.92 Å². The molecular formula is C11H9FO3. The van der Waals surface area contributed by atoms with Crippen LogP contribution in [-0.2, 0) is 0 Å². The lowest BCUT2D eigenvalue weighted by atomic mass is 10.2. The van der Waals surface area contributed by atoms with Gasteiger partial charge in [0.05, 0.1) is 0 Å². The lowest BCUT2D eigenvalue weighted by Crippen LogP contribution is -2.12. The van der Waals surface area contributed by atoms with Crippen molar-refractivity contribution in [2.75, 3.05) is 0 Å². The van der Waals surface area contributed by atoms with Crippen molar-refractivity contribution in [3.05, 3.63) is 29.6 Å². The summed E-state index contributed by atoms with van der Waals surface area (Å²) in [6, 6.07) is 3.78. The van der Waals surface area contributed by atoms with Gasteiger partial charge in [-0.2, -0.15) is 0 Å². The number of aromatic carboxylic acids is 1. The number of carboxylic acids is 1. The van der Waals surface area contributed by atoms with Gasteiger partial charge < -0.3 is 9.84 Å². The molecule has 1 rings (SSSR count). The Labute approximate surface area is 86.5 Å². The summed E-state index contributed by atoms with van der Waals surface area (Å²) in [6.45, 7) is 1.57. The Bertz CT molecular complexity index is 420. The number of hydrogen-bond donors (Lipinski definition) is 1. The molecule has 1 aromatic carbocycles. The van der Waals surface area contributed by atoms with Crippen LogP contribution in [0.3, 0.4) is 0 Å². The number of hydrogen-bond acceptors (Lipinski definition) is 2. The van der Waals surface area contributed by atoms with Crippen LogP contribution >= 0.6 is 0 Å². The molecule has 0 bridgehead atoms. The molecule has 0 radical (unpaired) electrons. The molecule has 78 valence electrons. The number of benzene rings is 1. The van der Waals surface area contributed by atoms with Crippen LogP contribution in [0.5, 0.6) is 5.75 Å². The molecule has 4 heteroatoms. The van der Waals surface area contributed by atoms with Gasteiger partial charge in [0.25, 0.3) is 0 Å².